The summed E-state index contributed by atoms with van der Waals surface area (Å²) in [6, 6.07) is 0. The standard InChI is InChI=1S/C5H6O5.CH2O3.K/c6-3(5(9)10)1-2-4(7)8;2-1(3)4;/h1-2H2,(H,7,8)(H,9,10);(H2,2,3,4);/q;;+1/p-1. The number of hydrogen-bond acceptors (Lipinski definition) is 5. The number of carbonyl (C=O) groups excluding carboxylic acids is 1. The van der Waals surface area contributed by atoms with E-state index in [4.69, 9.17) is 25.2 Å². The first-order valence-electron chi connectivity index (χ1n) is 3.15. The molecule has 0 saturated heterocycles. The van der Waals surface area contributed by atoms with Crippen LogP contribution in [0.25, 0.3) is 0 Å². The van der Waals surface area contributed by atoms with E-state index in [1.165, 1.54) is 0 Å². The van der Waals surface area contributed by atoms with Gasteiger partial charge in [0.2, 0.25) is 11.9 Å². The van der Waals surface area contributed by atoms with Crippen molar-refractivity contribution in [1.82, 2.24) is 0 Å². The average Bonchev–Trinajstić information content (AvgIpc) is 1.98. The number of carboxylic acids is 2. The van der Waals surface area contributed by atoms with E-state index in [0.717, 1.165) is 0 Å². The van der Waals surface area contributed by atoms with Crippen molar-refractivity contribution >= 4 is 23.9 Å². The van der Waals surface area contributed by atoms with Crippen molar-refractivity contribution in [3.8, 4) is 0 Å². The average molecular weight is 246 g/mol. The van der Waals surface area contributed by atoms with Gasteiger partial charge in [-0.1, -0.05) is 0 Å². The topological polar surface area (TPSA) is 152 Å². The van der Waals surface area contributed by atoms with Crippen molar-refractivity contribution in [1.29, 1.82) is 0 Å². The van der Waals surface area contributed by atoms with Crippen molar-refractivity contribution in [3.05, 3.63) is 0 Å². The molecule has 8 nitrogen and oxygen atoms in total. The molecule has 0 spiro atoms. The van der Waals surface area contributed by atoms with Crippen LogP contribution in [0.4, 0.5) is 4.79 Å². The van der Waals surface area contributed by atoms with E-state index < -0.39 is 36.7 Å². The second kappa shape index (κ2) is 11.6. The zero-order valence-electron chi connectivity index (χ0n) is 7.80. The van der Waals surface area contributed by atoms with Crippen molar-refractivity contribution in [2.24, 2.45) is 0 Å². The van der Waals surface area contributed by atoms with Gasteiger partial charge in [-0.25, -0.2) is 4.79 Å². The van der Waals surface area contributed by atoms with E-state index in [-0.39, 0.29) is 51.4 Å². The number of ketones is 1. The van der Waals surface area contributed by atoms with Gasteiger partial charge < -0.3 is 25.2 Å². The number of Topliss-reactive ketones (excluding diaryl/α,β-unsaturated/α-hetero) is 1. The van der Waals surface area contributed by atoms with E-state index in [2.05, 4.69) is 0 Å². The van der Waals surface area contributed by atoms with Crippen LogP contribution in [0.15, 0.2) is 0 Å². The molecule has 0 fully saturated rings. The Morgan fingerprint density at radius 1 is 0.933 bits per heavy atom. The van der Waals surface area contributed by atoms with Gasteiger partial charge in [0.15, 0.2) is 0 Å². The smallest absolute Gasteiger partial charge is 0.565 e. The summed E-state index contributed by atoms with van der Waals surface area (Å²) < 4.78 is 0. The van der Waals surface area contributed by atoms with Gasteiger partial charge in [0.05, 0.1) is 6.42 Å². The Morgan fingerprint density at radius 2 is 1.27 bits per heavy atom. The first-order chi connectivity index (χ1) is 6.27. The fraction of sp³-hybridized carbons (Fsp3) is 0.333. The van der Waals surface area contributed by atoms with E-state index >= 15 is 0 Å². The van der Waals surface area contributed by atoms with Crippen molar-refractivity contribution in [2.75, 3.05) is 0 Å². The Kier molecular flexibility index (Phi) is 15.5. The molecule has 15 heavy (non-hydrogen) atoms. The van der Waals surface area contributed by atoms with Crippen molar-refractivity contribution in [2.45, 2.75) is 12.8 Å². The van der Waals surface area contributed by atoms with Gasteiger partial charge in [0, 0.05) is 6.42 Å². The third kappa shape index (κ3) is 24.7. The van der Waals surface area contributed by atoms with Gasteiger partial charge in [-0.2, -0.15) is 0 Å². The molecule has 0 aliphatic rings. The number of rotatable bonds is 4. The molecule has 9 heteroatoms. The quantitative estimate of drug-likeness (QED) is 0.331. The summed E-state index contributed by atoms with van der Waals surface area (Å²) in [6.07, 6.45) is -2.95. The monoisotopic (exact) mass is 246 g/mol. The Morgan fingerprint density at radius 3 is 1.47 bits per heavy atom. The fourth-order valence-corrected chi connectivity index (χ4v) is 0.327. The summed E-state index contributed by atoms with van der Waals surface area (Å²) in [5.74, 6) is -3.82. The minimum absolute atomic E-state index is 0. The van der Waals surface area contributed by atoms with Crippen LogP contribution in [-0.2, 0) is 14.4 Å². The van der Waals surface area contributed by atoms with E-state index in [0.29, 0.717) is 0 Å². The number of carbonyl (C=O) groups is 4. The van der Waals surface area contributed by atoms with Crippen LogP contribution in [0, 0.1) is 0 Å². The summed E-state index contributed by atoms with van der Waals surface area (Å²) in [4.78, 5) is 38.2. The largest absolute Gasteiger partial charge is 1.00 e. The van der Waals surface area contributed by atoms with Gasteiger partial charge in [-0.05, 0) is 0 Å². The van der Waals surface area contributed by atoms with Gasteiger partial charge in [0.25, 0.3) is 0 Å². The Labute approximate surface area is 126 Å². The Hall–Kier alpha value is -0.484. The summed E-state index contributed by atoms with van der Waals surface area (Å²) in [7, 11) is 0. The molecule has 0 aliphatic heterocycles. The van der Waals surface area contributed by atoms with Crippen molar-refractivity contribution < 1.29 is 91.0 Å². The Bertz CT molecular complexity index is 244. The molecule has 0 aromatic carbocycles. The third-order valence-corrected chi connectivity index (χ3v) is 0.804. The summed E-state index contributed by atoms with van der Waals surface area (Å²) in [5, 5.41) is 31.3. The molecule has 0 aromatic rings. The summed E-state index contributed by atoms with van der Waals surface area (Å²) in [5.41, 5.74) is 0. The predicted octanol–water partition coefficient (Wildman–Crippen LogP) is -4.60. The maximum absolute atomic E-state index is 10.2. The van der Waals surface area contributed by atoms with E-state index in [1.807, 2.05) is 0 Å². The predicted molar refractivity (Wildman–Crippen MR) is 37.5 cm³/mol. The molecule has 0 radical (unpaired) electrons. The van der Waals surface area contributed by atoms with Gasteiger partial charge >= 0.3 is 63.3 Å². The van der Waals surface area contributed by atoms with Gasteiger partial charge in [-0.3, -0.25) is 9.59 Å². The van der Waals surface area contributed by atoms with Gasteiger partial charge in [0.1, 0.15) is 0 Å². The molecule has 0 atom stereocenters. The third-order valence-electron chi connectivity index (χ3n) is 0.804. The zero-order chi connectivity index (χ0) is 11.7. The minimum Gasteiger partial charge on any atom is -0.565 e. The SMILES string of the molecule is O=C(O)CCC(=O)C(=O)O.O=C([O-])O.[K+]. The molecular formula is C6H7KO8. The van der Waals surface area contributed by atoms with Crippen LogP contribution in [0.3, 0.4) is 0 Å². The first-order valence-corrected chi connectivity index (χ1v) is 3.15. The summed E-state index contributed by atoms with van der Waals surface area (Å²) >= 11 is 0. The molecule has 0 heterocycles. The van der Waals surface area contributed by atoms with Crippen LogP contribution in [0.2, 0.25) is 0 Å². The van der Waals surface area contributed by atoms with Crippen LogP contribution >= 0.6 is 0 Å². The summed E-state index contributed by atoms with van der Waals surface area (Å²) in [6.45, 7) is 0. The second-order valence-corrected chi connectivity index (χ2v) is 1.89. The van der Waals surface area contributed by atoms with Crippen LogP contribution in [-0.4, -0.2) is 39.2 Å². The van der Waals surface area contributed by atoms with Crippen LogP contribution in [0.1, 0.15) is 12.8 Å². The zero-order valence-corrected chi connectivity index (χ0v) is 10.9. The molecule has 0 bridgehead atoms. The number of carboxylic acid groups (broad SMARTS) is 4. The molecule has 0 rings (SSSR count). The molecule has 80 valence electrons. The maximum atomic E-state index is 10.2. The molecule has 0 aromatic heterocycles. The molecule has 0 saturated carbocycles. The van der Waals surface area contributed by atoms with E-state index in [9.17, 15) is 14.4 Å². The second-order valence-electron chi connectivity index (χ2n) is 1.89. The van der Waals surface area contributed by atoms with Crippen LogP contribution in [0.5, 0.6) is 0 Å². The van der Waals surface area contributed by atoms with E-state index in [1.54, 1.807) is 0 Å². The minimum atomic E-state index is -2.08. The fourth-order valence-electron chi connectivity index (χ4n) is 0.327. The maximum Gasteiger partial charge on any atom is 1.00 e. The molecule has 0 amide bonds. The molecule has 3 N–H and O–H groups in total. The molecule has 0 unspecified atom stereocenters. The molecule has 0 aliphatic carbocycles. The number of aliphatic carboxylic acids is 2. The first kappa shape index (κ1) is 20.0. The van der Waals surface area contributed by atoms with Crippen LogP contribution < -0.4 is 56.5 Å². The normalized spacial score (nSPS) is 7.47. The Balaban J connectivity index is -0.000000249. The number of hydrogen-bond donors (Lipinski definition) is 3. The van der Waals surface area contributed by atoms with Crippen molar-refractivity contribution in [3.63, 3.8) is 0 Å². The molecular weight excluding hydrogens is 239 g/mol. The van der Waals surface area contributed by atoms with Gasteiger partial charge in [-0.15, -0.1) is 0 Å².